The summed E-state index contributed by atoms with van der Waals surface area (Å²) in [6, 6.07) is 1.30. The van der Waals surface area contributed by atoms with Crippen molar-refractivity contribution in [2.24, 2.45) is 0 Å². The van der Waals surface area contributed by atoms with E-state index in [9.17, 15) is 13.2 Å². The summed E-state index contributed by atoms with van der Waals surface area (Å²) < 4.78 is 33.2. The minimum absolute atomic E-state index is 0.0259. The van der Waals surface area contributed by atoms with Crippen LogP contribution in [0.4, 0.5) is 0 Å². The summed E-state index contributed by atoms with van der Waals surface area (Å²) in [7, 11) is -3.67. The monoisotopic (exact) mass is 290 g/mol. The number of carboxylic acid groups (broad SMARTS) is 1. The molecule has 0 aliphatic carbocycles. The molecule has 7 nitrogen and oxygen atoms in total. The Balaban J connectivity index is 2.72. The topological polar surface area (TPSA) is 109 Å². The van der Waals surface area contributed by atoms with Crippen LogP contribution < -0.4 is 9.44 Å². The van der Waals surface area contributed by atoms with Crippen molar-refractivity contribution in [1.82, 2.24) is 9.44 Å². The van der Waals surface area contributed by atoms with Crippen LogP contribution in [0.3, 0.4) is 0 Å². The Labute approximate surface area is 112 Å². The van der Waals surface area contributed by atoms with Gasteiger partial charge >= 0.3 is 5.97 Å². The standard InChI is InChI=1S/C11H18N2O5S/c1-7-9(10(14)15)5-8(18-7)6-12-19(16,17)13-11(2,3)4/h5,12-13H,6H2,1-4H3,(H,14,15). The molecule has 108 valence electrons. The second kappa shape index (κ2) is 5.32. The fourth-order valence-corrected chi connectivity index (χ4v) is 2.66. The normalized spacial score (nSPS) is 12.6. The van der Waals surface area contributed by atoms with Gasteiger partial charge in [0, 0.05) is 5.54 Å². The Morgan fingerprint density at radius 1 is 1.42 bits per heavy atom. The molecule has 0 amide bonds. The summed E-state index contributed by atoms with van der Waals surface area (Å²) in [5, 5.41) is 8.85. The summed E-state index contributed by atoms with van der Waals surface area (Å²) in [6.07, 6.45) is 0. The van der Waals surface area contributed by atoms with E-state index in [1.54, 1.807) is 20.8 Å². The molecule has 0 saturated heterocycles. The number of furan rings is 1. The van der Waals surface area contributed by atoms with Crippen LogP contribution in [0, 0.1) is 6.92 Å². The highest BCUT2D eigenvalue weighted by molar-refractivity contribution is 7.87. The molecule has 0 saturated carbocycles. The van der Waals surface area contributed by atoms with Gasteiger partial charge in [-0.05, 0) is 33.8 Å². The van der Waals surface area contributed by atoms with Gasteiger partial charge in [0.2, 0.25) is 0 Å². The van der Waals surface area contributed by atoms with Crippen molar-refractivity contribution in [2.45, 2.75) is 39.8 Å². The molecule has 0 aromatic carbocycles. The Bertz CT molecular complexity index is 568. The number of aromatic carboxylic acids is 1. The van der Waals surface area contributed by atoms with Gasteiger partial charge < -0.3 is 9.52 Å². The molecule has 0 unspecified atom stereocenters. The van der Waals surface area contributed by atoms with E-state index in [1.807, 2.05) is 0 Å². The van der Waals surface area contributed by atoms with Crippen molar-refractivity contribution >= 4 is 16.2 Å². The lowest BCUT2D eigenvalue weighted by atomic mass is 10.1. The second-order valence-electron chi connectivity index (χ2n) is 5.16. The minimum atomic E-state index is -3.67. The molecule has 0 aliphatic heterocycles. The Kier molecular flexibility index (Phi) is 4.39. The van der Waals surface area contributed by atoms with Crippen LogP contribution in [0.25, 0.3) is 0 Å². The Hall–Kier alpha value is -1.38. The summed E-state index contributed by atoms with van der Waals surface area (Å²) in [5.74, 6) is -0.622. The van der Waals surface area contributed by atoms with Crippen molar-refractivity contribution in [2.75, 3.05) is 0 Å². The van der Waals surface area contributed by atoms with E-state index < -0.39 is 21.7 Å². The van der Waals surface area contributed by atoms with E-state index in [2.05, 4.69) is 9.44 Å². The van der Waals surface area contributed by atoms with Gasteiger partial charge in [0.05, 0.1) is 6.54 Å². The highest BCUT2D eigenvalue weighted by Crippen LogP contribution is 2.14. The molecular formula is C11H18N2O5S. The Morgan fingerprint density at radius 2 is 2.00 bits per heavy atom. The molecule has 8 heteroatoms. The van der Waals surface area contributed by atoms with Gasteiger partial charge in [-0.15, -0.1) is 0 Å². The maximum absolute atomic E-state index is 11.7. The van der Waals surface area contributed by atoms with Crippen LogP contribution in [-0.4, -0.2) is 25.0 Å². The first-order valence-electron chi connectivity index (χ1n) is 5.61. The lowest BCUT2D eigenvalue weighted by molar-refractivity contribution is 0.0695. The van der Waals surface area contributed by atoms with Crippen LogP contribution in [0.2, 0.25) is 0 Å². The number of carboxylic acids is 1. The predicted octanol–water partition coefficient (Wildman–Crippen LogP) is 1.01. The third kappa shape index (κ3) is 5.01. The van der Waals surface area contributed by atoms with Gasteiger partial charge in [0.15, 0.2) is 0 Å². The van der Waals surface area contributed by atoms with Gasteiger partial charge in [-0.3, -0.25) is 0 Å². The quantitative estimate of drug-likeness (QED) is 0.750. The Morgan fingerprint density at radius 3 is 2.42 bits per heavy atom. The molecular weight excluding hydrogens is 272 g/mol. The van der Waals surface area contributed by atoms with Crippen molar-refractivity contribution < 1.29 is 22.7 Å². The fourth-order valence-electron chi connectivity index (χ4n) is 1.45. The predicted molar refractivity (Wildman–Crippen MR) is 69.1 cm³/mol. The van der Waals surface area contributed by atoms with E-state index in [0.29, 0.717) is 0 Å². The van der Waals surface area contributed by atoms with E-state index in [-0.39, 0.29) is 23.6 Å². The number of carbonyl (C=O) groups is 1. The maximum atomic E-state index is 11.7. The first-order chi connectivity index (χ1) is 8.50. The van der Waals surface area contributed by atoms with Crippen LogP contribution >= 0.6 is 0 Å². The third-order valence-corrected chi connectivity index (χ3v) is 3.48. The van der Waals surface area contributed by atoms with Gasteiger partial charge in [-0.25, -0.2) is 4.79 Å². The average Bonchev–Trinajstić information content (AvgIpc) is 2.53. The molecule has 3 N–H and O–H groups in total. The van der Waals surface area contributed by atoms with Crippen molar-refractivity contribution in [3.8, 4) is 0 Å². The largest absolute Gasteiger partial charge is 0.478 e. The molecule has 19 heavy (non-hydrogen) atoms. The highest BCUT2D eigenvalue weighted by atomic mass is 32.2. The van der Waals surface area contributed by atoms with E-state index >= 15 is 0 Å². The lowest BCUT2D eigenvalue weighted by Crippen LogP contribution is -2.46. The van der Waals surface area contributed by atoms with Crippen LogP contribution in [0.5, 0.6) is 0 Å². The smallest absolute Gasteiger partial charge is 0.339 e. The van der Waals surface area contributed by atoms with E-state index in [0.717, 1.165) is 0 Å². The molecule has 0 fully saturated rings. The molecule has 0 atom stereocenters. The summed E-state index contributed by atoms with van der Waals surface area (Å²) in [4.78, 5) is 10.8. The molecule has 1 heterocycles. The zero-order valence-electron chi connectivity index (χ0n) is 11.3. The minimum Gasteiger partial charge on any atom is -0.478 e. The molecule has 1 aromatic rings. The molecule has 0 spiro atoms. The molecule has 0 bridgehead atoms. The van der Waals surface area contributed by atoms with Crippen LogP contribution in [0.15, 0.2) is 10.5 Å². The average molecular weight is 290 g/mol. The summed E-state index contributed by atoms with van der Waals surface area (Å²) in [5.41, 5.74) is -0.574. The lowest BCUT2D eigenvalue weighted by Gasteiger charge is -2.20. The van der Waals surface area contributed by atoms with Crippen molar-refractivity contribution in [3.05, 3.63) is 23.2 Å². The SMILES string of the molecule is Cc1oc(CNS(=O)(=O)NC(C)(C)C)cc1C(=O)O. The zero-order valence-corrected chi connectivity index (χ0v) is 12.1. The van der Waals surface area contributed by atoms with Gasteiger partial charge in [0.25, 0.3) is 10.2 Å². The highest BCUT2D eigenvalue weighted by Gasteiger charge is 2.20. The molecule has 0 aliphatic rings. The third-order valence-electron chi connectivity index (χ3n) is 2.08. The molecule has 0 radical (unpaired) electrons. The number of nitrogens with one attached hydrogen (secondary N) is 2. The van der Waals surface area contributed by atoms with Gasteiger partial charge in [0.1, 0.15) is 17.1 Å². The first-order valence-corrected chi connectivity index (χ1v) is 7.10. The molecule has 1 rings (SSSR count). The van der Waals surface area contributed by atoms with E-state index in [1.165, 1.54) is 13.0 Å². The van der Waals surface area contributed by atoms with Crippen LogP contribution in [0.1, 0.15) is 42.6 Å². The zero-order chi connectivity index (χ0) is 14.8. The van der Waals surface area contributed by atoms with Gasteiger partial charge in [-0.2, -0.15) is 17.9 Å². The number of hydrogen-bond acceptors (Lipinski definition) is 4. The second-order valence-corrected chi connectivity index (χ2v) is 6.66. The van der Waals surface area contributed by atoms with E-state index in [4.69, 9.17) is 9.52 Å². The first kappa shape index (κ1) is 15.7. The molecule has 1 aromatic heterocycles. The van der Waals surface area contributed by atoms with Crippen LogP contribution in [-0.2, 0) is 16.8 Å². The summed E-state index contributed by atoms with van der Waals surface area (Å²) in [6.45, 7) is 6.54. The maximum Gasteiger partial charge on any atom is 0.339 e. The number of hydrogen-bond donors (Lipinski definition) is 3. The van der Waals surface area contributed by atoms with Gasteiger partial charge in [-0.1, -0.05) is 0 Å². The number of aryl methyl sites for hydroxylation is 1. The fraction of sp³-hybridized carbons (Fsp3) is 0.545. The summed E-state index contributed by atoms with van der Waals surface area (Å²) >= 11 is 0. The van der Waals surface area contributed by atoms with Crippen molar-refractivity contribution in [1.29, 1.82) is 0 Å². The van der Waals surface area contributed by atoms with Crippen molar-refractivity contribution in [3.63, 3.8) is 0 Å². The number of rotatable bonds is 5.